The number of benzene rings is 1. The van der Waals surface area contributed by atoms with Gasteiger partial charge in [-0.3, -0.25) is 0 Å². The van der Waals surface area contributed by atoms with E-state index in [2.05, 4.69) is 4.72 Å². The highest BCUT2D eigenvalue weighted by Crippen LogP contribution is 2.32. The predicted molar refractivity (Wildman–Crippen MR) is 76.2 cm³/mol. The van der Waals surface area contributed by atoms with Crippen LogP contribution in [0, 0.1) is 5.92 Å². The van der Waals surface area contributed by atoms with Gasteiger partial charge in [0.1, 0.15) is 0 Å². The third kappa shape index (κ3) is 3.03. The molecule has 0 aromatic heterocycles. The zero-order valence-electron chi connectivity index (χ0n) is 11.3. The highest BCUT2D eigenvalue weighted by Gasteiger charge is 2.32. The van der Waals surface area contributed by atoms with E-state index in [1.54, 1.807) is 0 Å². The van der Waals surface area contributed by atoms with E-state index in [0.717, 1.165) is 24.8 Å². The van der Waals surface area contributed by atoms with Gasteiger partial charge in [-0.15, -0.1) is 0 Å². The minimum absolute atomic E-state index is 0.116. The molecule has 1 aromatic carbocycles. The molecule has 0 saturated heterocycles. The van der Waals surface area contributed by atoms with E-state index in [0.29, 0.717) is 13.1 Å². The number of hydrogen-bond donors (Lipinski definition) is 2. The summed E-state index contributed by atoms with van der Waals surface area (Å²) in [6.07, 6.45) is 2.18. The van der Waals surface area contributed by atoms with Crippen molar-refractivity contribution in [3.05, 3.63) is 35.4 Å². The van der Waals surface area contributed by atoms with E-state index in [1.807, 2.05) is 24.3 Å². The van der Waals surface area contributed by atoms with Crippen molar-refractivity contribution in [1.29, 1.82) is 0 Å². The Morgan fingerprint density at radius 1 is 1.30 bits per heavy atom. The number of aliphatic hydroxyl groups excluding tert-OH is 1. The second kappa shape index (κ2) is 5.44. The van der Waals surface area contributed by atoms with Crippen LogP contribution in [0.4, 0.5) is 0 Å². The molecule has 0 radical (unpaired) electrons. The number of rotatable bonds is 5. The van der Waals surface area contributed by atoms with Gasteiger partial charge in [0.2, 0.25) is 0 Å². The molecule has 1 unspecified atom stereocenters. The quantitative estimate of drug-likeness (QED) is 0.838. The lowest BCUT2D eigenvalue weighted by Gasteiger charge is -2.28. The van der Waals surface area contributed by atoms with Crippen LogP contribution in [0.5, 0.6) is 0 Å². The van der Waals surface area contributed by atoms with E-state index >= 15 is 0 Å². The van der Waals surface area contributed by atoms with Crippen molar-refractivity contribution in [2.75, 3.05) is 13.1 Å². The molecular formula is C14H20N2O3S. The molecule has 2 N–H and O–H groups in total. The molecule has 0 bridgehead atoms. The second-order valence-corrected chi connectivity index (χ2v) is 7.37. The van der Waals surface area contributed by atoms with Gasteiger partial charge in [0.25, 0.3) is 10.2 Å². The fourth-order valence-corrected chi connectivity index (χ4v) is 3.81. The highest BCUT2D eigenvalue weighted by molar-refractivity contribution is 7.87. The van der Waals surface area contributed by atoms with Crippen LogP contribution in [0.15, 0.2) is 24.3 Å². The smallest absolute Gasteiger partial charge is 0.279 e. The summed E-state index contributed by atoms with van der Waals surface area (Å²) in [6.45, 7) is 1.02. The largest absolute Gasteiger partial charge is 0.391 e. The Kier molecular flexibility index (Phi) is 3.81. The first-order chi connectivity index (χ1) is 9.56. The van der Waals surface area contributed by atoms with Crippen LogP contribution in [0.1, 0.15) is 24.0 Å². The highest BCUT2D eigenvalue weighted by atomic mass is 32.2. The van der Waals surface area contributed by atoms with Crippen molar-refractivity contribution in [3.8, 4) is 0 Å². The minimum Gasteiger partial charge on any atom is -0.391 e. The van der Waals surface area contributed by atoms with Crippen LogP contribution in [0.3, 0.4) is 0 Å². The summed E-state index contributed by atoms with van der Waals surface area (Å²) < 4.78 is 28.5. The van der Waals surface area contributed by atoms with E-state index in [9.17, 15) is 13.5 Å². The summed E-state index contributed by atoms with van der Waals surface area (Å²) in [7, 11) is -3.50. The molecule has 6 heteroatoms. The lowest BCUT2D eigenvalue weighted by Crippen LogP contribution is -2.45. The van der Waals surface area contributed by atoms with Crippen LogP contribution < -0.4 is 4.72 Å². The van der Waals surface area contributed by atoms with Crippen molar-refractivity contribution in [1.82, 2.24) is 9.03 Å². The van der Waals surface area contributed by atoms with Crippen molar-refractivity contribution in [2.24, 2.45) is 5.92 Å². The molecule has 0 spiro atoms. The lowest BCUT2D eigenvalue weighted by molar-refractivity contribution is 0.154. The molecule has 1 fully saturated rings. The van der Waals surface area contributed by atoms with E-state index in [1.165, 1.54) is 9.87 Å². The lowest BCUT2D eigenvalue weighted by atomic mass is 10.0. The zero-order valence-corrected chi connectivity index (χ0v) is 12.1. The fraction of sp³-hybridized carbons (Fsp3) is 0.571. The molecule has 0 amide bonds. The summed E-state index contributed by atoms with van der Waals surface area (Å²) in [5.74, 6) is 0.278. The Morgan fingerprint density at radius 2 is 2.00 bits per heavy atom. The van der Waals surface area contributed by atoms with Crippen molar-refractivity contribution in [2.45, 2.75) is 31.9 Å². The molecule has 1 aliphatic heterocycles. The second-order valence-electron chi connectivity index (χ2n) is 5.61. The molecule has 1 saturated carbocycles. The third-order valence-electron chi connectivity index (χ3n) is 4.08. The van der Waals surface area contributed by atoms with E-state index < -0.39 is 16.3 Å². The number of hydrogen-bond acceptors (Lipinski definition) is 3. The fourth-order valence-electron chi connectivity index (χ4n) is 2.60. The predicted octanol–water partition coefficient (Wildman–Crippen LogP) is 0.650. The maximum Gasteiger partial charge on any atom is 0.279 e. The van der Waals surface area contributed by atoms with Crippen molar-refractivity contribution in [3.63, 3.8) is 0 Å². The standard InChI is InChI=1S/C14H20N2O3S/c17-14(12-5-6-12)9-15-20(18,19)16-8-7-11-3-1-2-4-13(11)10-16/h1-4,12,14-15,17H,5-10H2. The first kappa shape index (κ1) is 14.0. The van der Waals surface area contributed by atoms with Crippen LogP contribution in [-0.4, -0.2) is 37.0 Å². The summed E-state index contributed by atoms with van der Waals surface area (Å²) >= 11 is 0. The first-order valence-electron chi connectivity index (χ1n) is 7.06. The normalized spacial score (nSPS) is 21.4. The van der Waals surface area contributed by atoms with Gasteiger partial charge in [-0.2, -0.15) is 17.4 Å². The van der Waals surface area contributed by atoms with Gasteiger partial charge in [0.15, 0.2) is 0 Å². The molecule has 3 rings (SSSR count). The monoisotopic (exact) mass is 296 g/mol. The molecule has 1 aliphatic carbocycles. The summed E-state index contributed by atoms with van der Waals surface area (Å²) in [6, 6.07) is 7.92. The van der Waals surface area contributed by atoms with Crippen LogP contribution in [0.2, 0.25) is 0 Å². The van der Waals surface area contributed by atoms with E-state index in [4.69, 9.17) is 0 Å². The number of fused-ring (bicyclic) bond motifs is 1. The van der Waals surface area contributed by atoms with E-state index in [-0.39, 0.29) is 12.5 Å². The maximum absolute atomic E-state index is 12.2. The Hall–Kier alpha value is -0.950. The van der Waals surface area contributed by atoms with Gasteiger partial charge in [0, 0.05) is 19.6 Å². The van der Waals surface area contributed by atoms with Crippen LogP contribution >= 0.6 is 0 Å². The van der Waals surface area contributed by atoms with Gasteiger partial charge in [-0.25, -0.2) is 0 Å². The summed E-state index contributed by atoms with van der Waals surface area (Å²) in [5, 5.41) is 9.76. The Balaban J connectivity index is 1.63. The Labute approximate surface area is 119 Å². The van der Waals surface area contributed by atoms with Gasteiger partial charge < -0.3 is 5.11 Å². The molecule has 2 aliphatic rings. The number of aliphatic hydroxyl groups is 1. The summed E-state index contributed by atoms with van der Waals surface area (Å²) in [5.41, 5.74) is 2.28. The molecule has 20 heavy (non-hydrogen) atoms. The van der Waals surface area contributed by atoms with Crippen LogP contribution in [0.25, 0.3) is 0 Å². The molecule has 1 aromatic rings. The average Bonchev–Trinajstić information content (AvgIpc) is 3.29. The van der Waals surface area contributed by atoms with Crippen molar-refractivity contribution >= 4 is 10.2 Å². The zero-order chi connectivity index (χ0) is 14.2. The van der Waals surface area contributed by atoms with Crippen LogP contribution in [-0.2, 0) is 23.2 Å². The minimum atomic E-state index is -3.50. The number of nitrogens with one attached hydrogen (secondary N) is 1. The number of nitrogens with zero attached hydrogens (tertiary/aromatic N) is 1. The molecule has 1 atom stereocenters. The van der Waals surface area contributed by atoms with Crippen molar-refractivity contribution < 1.29 is 13.5 Å². The van der Waals surface area contributed by atoms with Gasteiger partial charge in [0.05, 0.1) is 6.10 Å². The van der Waals surface area contributed by atoms with Gasteiger partial charge >= 0.3 is 0 Å². The Bertz CT molecular complexity index is 584. The SMILES string of the molecule is O=S(=O)(NCC(O)C1CC1)N1CCc2ccccc2C1. The topological polar surface area (TPSA) is 69.6 Å². The molecule has 110 valence electrons. The maximum atomic E-state index is 12.2. The van der Waals surface area contributed by atoms with Gasteiger partial charge in [-0.1, -0.05) is 24.3 Å². The first-order valence-corrected chi connectivity index (χ1v) is 8.50. The Morgan fingerprint density at radius 3 is 2.70 bits per heavy atom. The average molecular weight is 296 g/mol. The summed E-state index contributed by atoms with van der Waals surface area (Å²) in [4.78, 5) is 0. The third-order valence-corrected chi connectivity index (χ3v) is 5.60. The van der Waals surface area contributed by atoms with Gasteiger partial charge in [-0.05, 0) is 36.3 Å². The molecular weight excluding hydrogens is 276 g/mol. The molecule has 5 nitrogen and oxygen atoms in total. The molecule has 1 heterocycles.